The lowest BCUT2D eigenvalue weighted by Crippen LogP contribution is -2.61. The Bertz CT molecular complexity index is 2620. The summed E-state index contributed by atoms with van der Waals surface area (Å²) in [6.45, 7) is 5.69. The van der Waals surface area contributed by atoms with E-state index in [2.05, 4.69) is 11.1 Å². The molecule has 360 valence electrons. The fourth-order valence-corrected chi connectivity index (χ4v) is 8.58. The van der Waals surface area contributed by atoms with Crippen molar-refractivity contribution in [3.8, 4) is 0 Å². The third-order valence-electron chi connectivity index (χ3n) is 12.4. The minimum atomic E-state index is -5.11. The van der Waals surface area contributed by atoms with Crippen molar-refractivity contribution in [2.75, 3.05) is 13.2 Å². The van der Waals surface area contributed by atoms with E-state index in [4.69, 9.17) is 37.9 Å². The quantitative estimate of drug-likeness (QED) is 0.0527. The molecule has 2 heterocycles. The van der Waals surface area contributed by atoms with E-state index in [1.165, 1.54) is 24.3 Å². The summed E-state index contributed by atoms with van der Waals surface area (Å²) in [6.07, 6.45) is -13.4. The molecule has 0 aromatic heterocycles. The van der Waals surface area contributed by atoms with Gasteiger partial charge in [0, 0.05) is 17.8 Å². The fourth-order valence-electron chi connectivity index (χ4n) is 8.58. The van der Waals surface area contributed by atoms with Gasteiger partial charge in [-0.2, -0.15) is 13.2 Å². The molecular weight excluding hydrogens is 892 g/mol. The monoisotopic (exact) mass is 945 g/mol. The molecule has 0 amide bonds. The highest BCUT2D eigenvalue weighted by Crippen LogP contribution is 2.40. The molecule has 2 aliphatic heterocycles. The molecule has 6 aromatic rings. The standard InChI is InChI=1S/C55H54F3NO10/c1-35-46(34-64-50(60)41-21-10-5-11-22-41)65-52(37(3)47(35)63-32-39-28-29-40-20-16-17-25-43(40)30-39)68-48-36(2)45(33-62-31-38-18-8-4-9-19-38)66-53(49(48)67-51(61)42-23-12-6-13-24-42)69-54(55(56,57)58)59-44-26-14-7-15-27-44/h4-30,35-37,45-49,52-53H,31-34H2,1-3H3/t35?,36-,37?,45?,46?,47?,48-,49?,52?,53?/m0/s1. The summed E-state index contributed by atoms with van der Waals surface area (Å²) in [5.41, 5.74) is 2.23. The first-order valence-electron chi connectivity index (χ1n) is 22.9. The molecule has 14 heteroatoms. The number of alkyl halides is 3. The Hall–Kier alpha value is -6.42. The normalized spacial score (nSPS) is 25.2. The summed E-state index contributed by atoms with van der Waals surface area (Å²) in [7, 11) is 0. The van der Waals surface area contributed by atoms with Crippen LogP contribution in [0.5, 0.6) is 0 Å². The zero-order chi connectivity index (χ0) is 48.3. The van der Waals surface area contributed by atoms with Crippen LogP contribution in [0.15, 0.2) is 169 Å². The molecule has 0 N–H and O–H groups in total. The topological polar surface area (TPSA) is 120 Å². The Balaban J connectivity index is 1.14. The van der Waals surface area contributed by atoms with E-state index in [1.807, 2.05) is 80.6 Å². The van der Waals surface area contributed by atoms with Gasteiger partial charge < -0.3 is 37.9 Å². The van der Waals surface area contributed by atoms with Crippen molar-refractivity contribution in [1.29, 1.82) is 0 Å². The van der Waals surface area contributed by atoms with Gasteiger partial charge in [0.05, 0.1) is 54.9 Å². The van der Waals surface area contributed by atoms with Crippen LogP contribution >= 0.6 is 0 Å². The minimum absolute atomic E-state index is 0.0327. The number of carbonyl (C=O) groups excluding carboxylic acids is 2. The molecule has 0 aliphatic carbocycles. The van der Waals surface area contributed by atoms with Crippen LogP contribution in [0.25, 0.3) is 10.8 Å². The second-order valence-electron chi connectivity index (χ2n) is 17.3. The molecule has 69 heavy (non-hydrogen) atoms. The summed E-state index contributed by atoms with van der Waals surface area (Å²) >= 11 is 0. The van der Waals surface area contributed by atoms with Crippen molar-refractivity contribution < 1.29 is 60.7 Å². The second-order valence-corrected chi connectivity index (χ2v) is 17.3. The smallest absolute Gasteiger partial charge is 0.459 e. The Morgan fingerprint density at radius 3 is 1.78 bits per heavy atom. The van der Waals surface area contributed by atoms with Gasteiger partial charge in [0.15, 0.2) is 12.4 Å². The number of rotatable bonds is 16. The molecular formula is C55H54F3NO10. The van der Waals surface area contributed by atoms with E-state index in [9.17, 15) is 22.8 Å². The maximum Gasteiger partial charge on any atom is 0.468 e. The first-order chi connectivity index (χ1) is 33.4. The molecule has 10 atom stereocenters. The first-order valence-corrected chi connectivity index (χ1v) is 22.9. The van der Waals surface area contributed by atoms with E-state index in [0.717, 1.165) is 21.9 Å². The molecule has 8 rings (SSSR count). The van der Waals surface area contributed by atoms with Crippen LogP contribution in [0.1, 0.15) is 52.6 Å². The number of benzene rings is 6. The van der Waals surface area contributed by atoms with Gasteiger partial charge in [0.2, 0.25) is 6.29 Å². The van der Waals surface area contributed by atoms with Crippen molar-refractivity contribution in [3.63, 3.8) is 0 Å². The van der Waals surface area contributed by atoms with Gasteiger partial charge in [0.1, 0.15) is 12.7 Å². The summed E-state index contributed by atoms with van der Waals surface area (Å²) < 4.78 is 95.6. The second kappa shape index (κ2) is 22.8. The Kier molecular flexibility index (Phi) is 16.2. The Labute approximate surface area is 399 Å². The largest absolute Gasteiger partial charge is 0.468 e. The van der Waals surface area contributed by atoms with Crippen LogP contribution in [-0.4, -0.2) is 80.3 Å². The summed E-state index contributed by atoms with van der Waals surface area (Å²) in [5, 5.41) is 2.13. The van der Waals surface area contributed by atoms with Gasteiger partial charge in [-0.3, -0.25) is 0 Å². The van der Waals surface area contributed by atoms with Crippen LogP contribution in [0.3, 0.4) is 0 Å². The molecule has 0 bridgehead atoms. The third kappa shape index (κ3) is 12.6. The number of para-hydroxylation sites is 1. The molecule has 8 unspecified atom stereocenters. The van der Waals surface area contributed by atoms with Gasteiger partial charge in [-0.1, -0.05) is 142 Å². The zero-order valence-corrected chi connectivity index (χ0v) is 38.4. The van der Waals surface area contributed by atoms with Gasteiger partial charge in [-0.25, -0.2) is 14.6 Å². The van der Waals surface area contributed by atoms with Crippen molar-refractivity contribution in [1.82, 2.24) is 0 Å². The van der Waals surface area contributed by atoms with E-state index in [-0.39, 0.29) is 43.6 Å². The van der Waals surface area contributed by atoms with Crippen LogP contribution in [0, 0.1) is 17.8 Å². The molecule has 0 saturated carbocycles. The summed E-state index contributed by atoms with van der Waals surface area (Å²) in [5.74, 6) is -4.68. The molecule has 0 spiro atoms. The van der Waals surface area contributed by atoms with Crippen molar-refractivity contribution in [2.24, 2.45) is 22.7 Å². The van der Waals surface area contributed by atoms with Crippen LogP contribution < -0.4 is 0 Å². The molecule has 0 radical (unpaired) electrons. The van der Waals surface area contributed by atoms with Crippen molar-refractivity contribution in [3.05, 3.63) is 186 Å². The first kappa shape index (κ1) is 49.0. The number of esters is 2. The highest BCUT2D eigenvalue weighted by Gasteiger charge is 2.54. The molecule has 2 fully saturated rings. The number of fused-ring (bicyclic) bond motifs is 1. The van der Waals surface area contributed by atoms with E-state index in [0.29, 0.717) is 5.56 Å². The highest BCUT2D eigenvalue weighted by atomic mass is 19.4. The minimum Gasteiger partial charge on any atom is -0.459 e. The molecule has 2 aliphatic rings. The average molecular weight is 946 g/mol. The van der Waals surface area contributed by atoms with Gasteiger partial charge in [-0.05, 0) is 64.4 Å². The fraction of sp³-hybridized carbons (Fsp3) is 0.327. The predicted molar refractivity (Wildman–Crippen MR) is 251 cm³/mol. The SMILES string of the molecule is CC1C(COC(=O)c2ccccc2)OC(O[C@@H]2C(OC(=O)c3ccccc3)C(OC(=Nc3ccccc3)C(F)(F)F)OC(COCc3ccccc3)[C@@H]2C)C(C)C1OCc1ccc2ccccc2c1. The molecule has 11 nitrogen and oxygen atoms in total. The lowest BCUT2D eigenvalue weighted by atomic mass is 9.85. The third-order valence-corrected chi connectivity index (χ3v) is 12.4. The number of halogens is 3. The Morgan fingerprint density at radius 1 is 0.551 bits per heavy atom. The van der Waals surface area contributed by atoms with Gasteiger partial charge in [0.25, 0.3) is 5.90 Å². The maximum absolute atomic E-state index is 15.0. The number of carbonyl (C=O) groups is 2. The maximum atomic E-state index is 15.0. The van der Waals surface area contributed by atoms with E-state index in [1.54, 1.807) is 73.7 Å². The van der Waals surface area contributed by atoms with Gasteiger partial charge in [-0.15, -0.1) is 0 Å². The van der Waals surface area contributed by atoms with Crippen LogP contribution in [0.4, 0.5) is 18.9 Å². The van der Waals surface area contributed by atoms with E-state index >= 15 is 0 Å². The number of hydrogen-bond donors (Lipinski definition) is 0. The summed E-state index contributed by atoms with van der Waals surface area (Å²) in [4.78, 5) is 31.1. The molecule has 2 saturated heterocycles. The molecule has 6 aromatic carbocycles. The number of aliphatic imine (C=N–C) groups is 1. The van der Waals surface area contributed by atoms with Crippen molar-refractivity contribution in [2.45, 2.75) is 83.3 Å². The van der Waals surface area contributed by atoms with Gasteiger partial charge >= 0.3 is 18.1 Å². The predicted octanol–water partition coefficient (Wildman–Crippen LogP) is 11.1. The lowest BCUT2D eigenvalue weighted by Gasteiger charge is -2.49. The number of nitrogens with zero attached hydrogens (tertiary/aromatic N) is 1. The average Bonchev–Trinajstić information content (AvgIpc) is 3.36. The zero-order valence-electron chi connectivity index (χ0n) is 38.4. The lowest BCUT2D eigenvalue weighted by molar-refractivity contribution is -0.336. The van der Waals surface area contributed by atoms with Crippen LogP contribution in [0.2, 0.25) is 0 Å². The summed E-state index contributed by atoms with van der Waals surface area (Å²) in [6, 6.07) is 47.5. The highest BCUT2D eigenvalue weighted by molar-refractivity contribution is 5.90. The number of ether oxygens (including phenoxy) is 8. The Morgan fingerprint density at radius 2 is 1.12 bits per heavy atom. The number of hydrogen-bond acceptors (Lipinski definition) is 11. The van der Waals surface area contributed by atoms with Crippen molar-refractivity contribution >= 4 is 34.3 Å². The van der Waals surface area contributed by atoms with E-state index < -0.39 is 78.9 Å². The van der Waals surface area contributed by atoms with Crippen LogP contribution in [-0.2, 0) is 51.1 Å².